The largest absolute Gasteiger partial charge is 0.494 e. The Morgan fingerprint density at radius 1 is 0.920 bits per heavy atom. The molecule has 0 unspecified atom stereocenters. The van der Waals surface area contributed by atoms with Gasteiger partial charge >= 0.3 is 0 Å². The number of hydrogen-bond acceptors (Lipinski definition) is 5. The molecule has 2 rings (SSSR count). The van der Waals surface area contributed by atoms with E-state index < -0.39 is 0 Å². The van der Waals surface area contributed by atoms with Crippen LogP contribution < -0.4 is 18.9 Å². The third-order valence-electron chi connectivity index (χ3n) is 3.59. The van der Waals surface area contributed by atoms with Gasteiger partial charge in [-0.05, 0) is 42.8 Å². The fourth-order valence-electron chi connectivity index (χ4n) is 2.40. The molecule has 2 aromatic rings. The van der Waals surface area contributed by atoms with Crippen LogP contribution in [0.3, 0.4) is 0 Å². The van der Waals surface area contributed by atoms with Crippen LogP contribution in [0.15, 0.2) is 42.5 Å². The number of allylic oxidation sites excluding steroid dienone is 1. The molecule has 0 saturated carbocycles. The van der Waals surface area contributed by atoms with E-state index in [4.69, 9.17) is 18.9 Å². The van der Waals surface area contributed by atoms with E-state index in [1.165, 1.54) is 27.4 Å². The predicted octanol–water partition coefficient (Wildman–Crippen LogP) is 4.01. The normalized spacial score (nSPS) is 10.6. The van der Waals surface area contributed by atoms with Gasteiger partial charge in [0, 0.05) is 0 Å². The Morgan fingerprint density at radius 2 is 1.60 bits per heavy atom. The van der Waals surface area contributed by atoms with E-state index in [1.54, 1.807) is 18.2 Å². The van der Waals surface area contributed by atoms with Crippen LogP contribution in [0.4, 0.5) is 0 Å². The molecule has 5 heteroatoms. The van der Waals surface area contributed by atoms with Crippen molar-refractivity contribution in [2.45, 2.75) is 6.92 Å². The van der Waals surface area contributed by atoms with Gasteiger partial charge in [0.15, 0.2) is 17.3 Å². The summed E-state index contributed by atoms with van der Waals surface area (Å²) in [6, 6.07) is 10.8. The van der Waals surface area contributed by atoms with Crippen molar-refractivity contribution in [1.29, 1.82) is 0 Å². The maximum atomic E-state index is 12.5. The zero-order chi connectivity index (χ0) is 18.2. The molecule has 0 amide bonds. The van der Waals surface area contributed by atoms with Crippen LogP contribution in [-0.4, -0.2) is 33.7 Å². The van der Waals surface area contributed by atoms with Gasteiger partial charge in [-0.25, -0.2) is 0 Å². The van der Waals surface area contributed by atoms with Crippen molar-refractivity contribution < 1.29 is 23.7 Å². The molecule has 0 atom stereocenters. The molecule has 0 radical (unpaired) electrons. The number of carbonyl (C=O) groups is 1. The Morgan fingerprint density at radius 3 is 2.16 bits per heavy atom. The van der Waals surface area contributed by atoms with Crippen LogP contribution in [0, 0.1) is 0 Å². The van der Waals surface area contributed by atoms with Crippen molar-refractivity contribution in [2.75, 3.05) is 27.9 Å². The van der Waals surface area contributed by atoms with E-state index in [-0.39, 0.29) is 5.78 Å². The summed E-state index contributed by atoms with van der Waals surface area (Å²) in [5, 5.41) is 0. The minimum Gasteiger partial charge on any atom is -0.494 e. The van der Waals surface area contributed by atoms with Gasteiger partial charge in [-0.15, -0.1) is 0 Å². The van der Waals surface area contributed by atoms with Crippen molar-refractivity contribution in [2.24, 2.45) is 0 Å². The molecular formula is C20H22O5. The molecule has 0 aliphatic heterocycles. The van der Waals surface area contributed by atoms with Gasteiger partial charge < -0.3 is 18.9 Å². The highest BCUT2D eigenvalue weighted by atomic mass is 16.5. The van der Waals surface area contributed by atoms with Gasteiger partial charge in [0.1, 0.15) is 5.75 Å². The number of ketones is 1. The maximum Gasteiger partial charge on any atom is 0.204 e. The number of methoxy groups -OCH3 is 3. The summed E-state index contributed by atoms with van der Waals surface area (Å²) >= 11 is 0. The van der Waals surface area contributed by atoms with Gasteiger partial charge in [-0.3, -0.25) is 4.79 Å². The molecular weight excluding hydrogens is 320 g/mol. The molecule has 5 nitrogen and oxygen atoms in total. The Labute approximate surface area is 147 Å². The van der Waals surface area contributed by atoms with Crippen LogP contribution in [0.1, 0.15) is 22.8 Å². The van der Waals surface area contributed by atoms with Gasteiger partial charge in [-0.2, -0.15) is 0 Å². The molecule has 0 fully saturated rings. The highest BCUT2D eigenvalue weighted by molar-refractivity contribution is 6.09. The lowest BCUT2D eigenvalue weighted by atomic mass is 10.1. The van der Waals surface area contributed by atoms with Crippen LogP contribution in [-0.2, 0) is 0 Å². The third kappa shape index (κ3) is 4.32. The first kappa shape index (κ1) is 18.4. The van der Waals surface area contributed by atoms with E-state index in [9.17, 15) is 4.79 Å². The number of carbonyl (C=O) groups excluding carboxylic acids is 1. The molecule has 0 aliphatic carbocycles. The Hall–Kier alpha value is -2.95. The maximum absolute atomic E-state index is 12.5. The Balaban J connectivity index is 2.25. The average molecular weight is 342 g/mol. The molecule has 132 valence electrons. The summed E-state index contributed by atoms with van der Waals surface area (Å²) in [5.74, 6) is 1.86. The lowest BCUT2D eigenvalue weighted by Crippen LogP contribution is -2.02. The second-order valence-corrected chi connectivity index (χ2v) is 5.08. The quantitative estimate of drug-likeness (QED) is 0.536. The Bertz CT molecular complexity index is 747. The van der Waals surface area contributed by atoms with Crippen molar-refractivity contribution in [1.82, 2.24) is 0 Å². The fraction of sp³-hybridized carbons (Fsp3) is 0.250. The molecule has 25 heavy (non-hydrogen) atoms. The van der Waals surface area contributed by atoms with Crippen molar-refractivity contribution in [3.05, 3.63) is 53.6 Å². The monoisotopic (exact) mass is 342 g/mol. The highest BCUT2D eigenvalue weighted by Gasteiger charge is 2.19. The first-order valence-corrected chi connectivity index (χ1v) is 7.88. The summed E-state index contributed by atoms with van der Waals surface area (Å²) in [6.45, 7) is 2.55. The number of ether oxygens (including phenoxy) is 4. The first-order chi connectivity index (χ1) is 12.1. The van der Waals surface area contributed by atoms with Crippen LogP contribution >= 0.6 is 0 Å². The third-order valence-corrected chi connectivity index (χ3v) is 3.59. The molecule has 0 aromatic heterocycles. The summed E-state index contributed by atoms with van der Waals surface area (Å²) < 4.78 is 21.3. The number of rotatable bonds is 8. The summed E-state index contributed by atoms with van der Waals surface area (Å²) in [5.41, 5.74) is 1.30. The summed E-state index contributed by atoms with van der Waals surface area (Å²) in [4.78, 5) is 12.5. The van der Waals surface area contributed by atoms with E-state index in [1.807, 2.05) is 31.2 Å². The Kier molecular flexibility index (Phi) is 6.46. The zero-order valence-corrected chi connectivity index (χ0v) is 14.9. The topological polar surface area (TPSA) is 54.0 Å². The van der Waals surface area contributed by atoms with E-state index in [2.05, 4.69) is 0 Å². The van der Waals surface area contributed by atoms with Gasteiger partial charge in [0.2, 0.25) is 5.75 Å². The second kappa shape index (κ2) is 8.78. The highest BCUT2D eigenvalue weighted by Crippen LogP contribution is 2.40. The van der Waals surface area contributed by atoms with Gasteiger partial charge in [0.25, 0.3) is 0 Å². The average Bonchev–Trinajstić information content (AvgIpc) is 2.65. The summed E-state index contributed by atoms with van der Waals surface area (Å²) in [7, 11) is 4.53. The lowest BCUT2D eigenvalue weighted by Gasteiger charge is -2.14. The predicted molar refractivity (Wildman–Crippen MR) is 97.1 cm³/mol. The first-order valence-electron chi connectivity index (χ1n) is 7.88. The van der Waals surface area contributed by atoms with Crippen molar-refractivity contribution >= 4 is 11.9 Å². The standard InChI is InChI=1S/C20H22O5/c1-5-25-15-9-6-14(7-10-15)8-12-17(21)16-11-13-18(22-2)20(24-4)19(16)23-3/h6-13H,5H2,1-4H3. The molecule has 0 N–H and O–H groups in total. The molecule has 0 heterocycles. The van der Waals surface area contributed by atoms with E-state index >= 15 is 0 Å². The molecule has 0 spiro atoms. The van der Waals surface area contributed by atoms with Crippen molar-refractivity contribution in [3.8, 4) is 23.0 Å². The molecule has 0 saturated heterocycles. The minimum atomic E-state index is -0.188. The molecule has 0 bridgehead atoms. The second-order valence-electron chi connectivity index (χ2n) is 5.08. The number of benzene rings is 2. The van der Waals surface area contributed by atoms with E-state index in [0.717, 1.165) is 11.3 Å². The van der Waals surface area contributed by atoms with Crippen LogP contribution in [0.5, 0.6) is 23.0 Å². The van der Waals surface area contributed by atoms with Crippen LogP contribution in [0.25, 0.3) is 6.08 Å². The van der Waals surface area contributed by atoms with Crippen molar-refractivity contribution in [3.63, 3.8) is 0 Å². The fourth-order valence-corrected chi connectivity index (χ4v) is 2.40. The van der Waals surface area contributed by atoms with Gasteiger partial charge in [-0.1, -0.05) is 18.2 Å². The minimum absolute atomic E-state index is 0.188. The van der Waals surface area contributed by atoms with Gasteiger partial charge in [0.05, 0.1) is 33.5 Å². The number of hydrogen-bond donors (Lipinski definition) is 0. The van der Waals surface area contributed by atoms with Crippen LogP contribution in [0.2, 0.25) is 0 Å². The summed E-state index contributed by atoms with van der Waals surface area (Å²) in [6.07, 6.45) is 3.24. The lowest BCUT2D eigenvalue weighted by molar-refractivity contribution is 0.104. The van der Waals surface area contributed by atoms with E-state index in [0.29, 0.717) is 29.4 Å². The zero-order valence-electron chi connectivity index (χ0n) is 14.9. The SMILES string of the molecule is CCOc1ccc(C=CC(=O)c2ccc(OC)c(OC)c2OC)cc1. The molecule has 2 aromatic carbocycles. The smallest absolute Gasteiger partial charge is 0.204 e. The molecule has 0 aliphatic rings.